The number of hydrogen-bond acceptors (Lipinski definition) is 3. The van der Waals surface area contributed by atoms with E-state index in [0.717, 1.165) is 29.3 Å². The molecule has 0 bridgehead atoms. The summed E-state index contributed by atoms with van der Waals surface area (Å²) >= 11 is 0. The number of nitrogens with one attached hydrogen (secondary N) is 2. The Morgan fingerprint density at radius 2 is 1.55 bits per heavy atom. The quantitative estimate of drug-likeness (QED) is 0.551. The summed E-state index contributed by atoms with van der Waals surface area (Å²) in [6, 6.07) is 14.6. The Bertz CT molecular complexity index is 1220. The average Bonchev–Trinajstić information content (AvgIpc) is 2.67. The van der Waals surface area contributed by atoms with Crippen LogP contribution < -0.4 is 10.0 Å². The van der Waals surface area contributed by atoms with Gasteiger partial charge in [0, 0.05) is 16.9 Å². The Kier molecular flexibility index (Phi) is 6.08. The Labute approximate surface area is 178 Å². The molecule has 1 amide bonds. The summed E-state index contributed by atoms with van der Waals surface area (Å²) in [6.45, 7) is 3.73. The molecule has 5 nitrogen and oxygen atoms in total. The first-order valence-corrected chi connectivity index (χ1v) is 10.6. The molecule has 3 rings (SSSR count). The number of aryl methyl sites for hydroxylation is 2. The third-order valence-corrected chi connectivity index (χ3v) is 5.89. The number of rotatable bonds is 5. The SMILES string of the molecule is Cc1ccc(C(=O)Nc2ccc(S(=O)(=O)Nc3cccc(C(F)(F)F)c3)cc2)c(C)c1. The van der Waals surface area contributed by atoms with Crippen molar-refractivity contribution < 1.29 is 26.4 Å². The molecule has 0 heterocycles. The molecule has 0 aliphatic rings. The van der Waals surface area contributed by atoms with Crippen molar-refractivity contribution in [1.29, 1.82) is 0 Å². The highest BCUT2D eigenvalue weighted by Gasteiger charge is 2.30. The predicted molar refractivity (Wildman–Crippen MR) is 113 cm³/mol. The van der Waals surface area contributed by atoms with Gasteiger partial charge in [0.05, 0.1) is 10.5 Å². The lowest BCUT2D eigenvalue weighted by Crippen LogP contribution is -2.15. The third kappa shape index (κ3) is 5.43. The summed E-state index contributed by atoms with van der Waals surface area (Å²) in [7, 11) is -4.11. The molecule has 9 heteroatoms. The van der Waals surface area contributed by atoms with Gasteiger partial charge in [-0.3, -0.25) is 9.52 Å². The van der Waals surface area contributed by atoms with E-state index < -0.39 is 21.8 Å². The van der Waals surface area contributed by atoms with Gasteiger partial charge in [-0.25, -0.2) is 8.42 Å². The molecule has 162 valence electrons. The first-order valence-electron chi connectivity index (χ1n) is 9.14. The molecule has 2 N–H and O–H groups in total. The van der Waals surface area contributed by atoms with Gasteiger partial charge >= 0.3 is 6.18 Å². The van der Waals surface area contributed by atoms with Gasteiger partial charge < -0.3 is 5.32 Å². The fourth-order valence-electron chi connectivity index (χ4n) is 2.96. The normalized spacial score (nSPS) is 11.8. The van der Waals surface area contributed by atoms with Crippen LogP contribution in [0.1, 0.15) is 27.0 Å². The Balaban J connectivity index is 1.75. The van der Waals surface area contributed by atoms with Crippen LogP contribution in [0.25, 0.3) is 0 Å². The first kappa shape index (κ1) is 22.4. The third-order valence-electron chi connectivity index (χ3n) is 4.49. The molecule has 0 fully saturated rings. The van der Waals surface area contributed by atoms with Crippen molar-refractivity contribution in [3.63, 3.8) is 0 Å². The van der Waals surface area contributed by atoms with Crippen LogP contribution in [0.2, 0.25) is 0 Å². The number of benzene rings is 3. The van der Waals surface area contributed by atoms with Crippen molar-refractivity contribution in [3.05, 3.63) is 89.0 Å². The summed E-state index contributed by atoms with van der Waals surface area (Å²) in [4.78, 5) is 12.3. The number of halogens is 3. The molecule has 0 unspecified atom stereocenters. The summed E-state index contributed by atoms with van der Waals surface area (Å²) in [5.41, 5.74) is 1.54. The molecule has 3 aromatic rings. The van der Waals surface area contributed by atoms with Crippen molar-refractivity contribution in [2.24, 2.45) is 0 Å². The minimum Gasteiger partial charge on any atom is -0.322 e. The number of anilines is 2. The smallest absolute Gasteiger partial charge is 0.322 e. The van der Waals surface area contributed by atoms with Crippen LogP contribution in [0.15, 0.2) is 71.6 Å². The lowest BCUT2D eigenvalue weighted by molar-refractivity contribution is -0.137. The molecule has 0 aliphatic heterocycles. The minimum atomic E-state index is -4.59. The second-order valence-electron chi connectivity index (χ2n) is 6.98. The zero-order valence-electron chi connectivity index (χ0n) is 16.6. The van der Waals surface area contributed by atoms with Crippen LogP contribution >= 0.6 is 0 Å². The van der Waals surface area contributed by atoms with E-state index in [-0.39, 0.29) is 16.5 Å². The summed E-state index contributed by atoms with van der Waals surface area (Å²) in [6.07, 6.45) is -4.59. The lowest BCUT2D eigenvalue weighted by Gasteiger charge is -2.12. The maximum atomic E-state index is 12.8. The molecule has 0 aromatic heterocycles. The van der Waals surface area contributed by atoms with Crippen LogP contribution in [-0.2, 0) is 16.2 Å². The van der Waals surface area contributed by atoms with E-state index in [1.54, 1.807) is 6.07 Å². The minimum absolute atomic E-state index is 0.158. The van der Waals surface area contributed by atoms with Gasteiger partial charge in [-0.05, 0) is 67.9 Å². The highest BCUT2D eigenvalue weighted by molar-refractivity contribution is 7.92. The summed E-state index contributed by atoms with van der Waals surface area (Å²) in [5, 5.41) is 2.69. The van der Waals surface area contributed by atoms with Crippen molar-refractivity contribution in [1.82, 2.24) is 0 Å². The van der Waals surface area contributed by atoms with Crippen molar-refractivity contribution in [2.45, 2.75) is 24.9 Å². The van der Waals surface area contributed by atoms with Crippen LogP contribution in [0.3, 0.4) is 0 Å². The highest BCUT2D eigenvalue weighted by atomic mass is 32.2. The average molecular weight is 448 g/mol. The van der Waals surface area contributed by atoms with E-state index >= 15 is 0 Å². The largest absolute Gasteiger partial charge is 0.416 e. The number of carbonyl (C=O) groups excluding carboxylic acids is 1. The maximum absolute atomic E-state index is 12.8. The van der Waals surface area contributed by atoms with E-state index in [1.165, 1.54) is 30.3 Å². The lowest BCUT2D eigenvalue weighted by atomic mass is 10.1. The zero-order valence-corrected chi connectivity index (χ0v) is 17.4. The second-order valence-corrected chi connectivity index (χ2v) is 8.66. The van der Waals surface area contributed by atoms with Gasteiger partial charge in [0.25, 0.3) is 15.9 Å². The first-order chi connectivity index (χ1) is 14.5. The van der Waals surface area contributed by atoms with E-state index in [4.69, 9.17) is 0 Å². The number of amides is 1. The van der Waals surface area contributed by atoms with Gasteiger partial charge in [0.15, 0.2) is 0 Å². The monoisotopic (exact) mass is 448 g/mol. The Hall–Kier alpha value is -3.33. The number of alkyl halides is 3. The predicted octanol–water partition coefficient (Wildman–Crippen LogP) is 5.38. The molecular formula is C22H19F3N2O3S. The van der Waals surface area contributed by atoms with Crippen molar-refractivity contribution in [2.75, 3.05) is 10.0 Å². The summed E-state index contributed by atoms with van der Waals surface area (Å²) < 4.78 is 65.6. The van der Waals surface area contributed by atoms with Gasteiger partial charge in [0.1, 0.15) is 0 Å². The van der Waals surface area contributed by atoms with Gasteiger partial charge in [-0.2, -0.15) is 13.2 Å². The Morgan fingerprint density at radius 1 is 0.871 bits per heavy atom. The van der Waals surface area contributed by atoms with Crippen LogP contribution in [0.5, 0.6) is 0 Å². The van der Waals surface area contributed by atoms with Crippen LogP contribution in [0.4, 0.5) is 24.5 Å². The maximum Gasteiger partial charge on any atom is 0.416 e. The number of hydrogen-bond donors (Lipinski definition) is 2. The zero-order chi connectivity index (χ0) is 22.8. The topological polar surface area (TPSA) is 75.3 Å². The van der Waals surface area contributed by atoms with Crippen LogP contribution in [0, 0.1) is 13.8 Å². The second kappa shape index (κ2) is 8.43. The molecule has 0 saturated carbocycles. The molecule has 0 aliphatic carbocycles. The molecule has 0 spiro atoms. The fourth-order valence-corrected chi connectivity index (χ4v) is 4.01. The molecule has 31 heavy (non-hydrogen) atoms. The molecular weight excluding hydrogens is 429 g/mol. The molecule has 0 saturated heterocycles. The summed E-state index contributed by atoms with van der Waals surface area (Å²) in [5.74, 6) is -0.338. The van der Waals surface area contributed by atoms with E-state index in [1.807, 2.05) is 26.0 Å². The molecule has 3 aromatic carbocycles. The van der Waals surface area contributed by atoms with Gasteiger partial charge in [-0.15, -0.1) is 0 Å². The fraction of sp³-hybridized carbons (Fsp3) is 0.136. The standard InChI is InChI=1S/C22H19F3N2O3S/c1-14-6-11-20(15(2)12-14)21(28)26-17-7-9-19(10-8-17)31(29,30)27-18-5-3-4-16(13-18)22(23,24)25/h3-13,27H,1-2H3,(H,26,28). The van der Waals surface area contributed by atoms with Gasteiger partial charge in [0.2, 0.25) is 0 Å². The van der Waals surface area contributed by atoms with Crippen molar-refractivity contribution >= 4 is 27.3 Å². The number of carbonyl (C=O) groups is 1. The molecule has 0 atom stereocenters. The van der Waals surface area contributed by atoms with E-state index in [0.29, 0.717) is 11.3 Å². The van der Waals surface area contributed by atoms with Crippen LogP contribution in [-0.4, -0.2) is 14.3 Å². The van der Waals surface area contributed by atoms with Crippen molar-refractivity contribution in [3.8, 4) is 0 Å². The van der Waals surface area contributed by atoms with Gasteiger partial charge in [-0.1, -0.05) is 23.8 Å². The Morgan fingerprint density at radius 3 is 2.16 bits per heavy atom. The highest BCUT2D eigenvalue weighted by Crippen LogP contribution is 2.31. The molecule has 0 radical (unpaired) electrons. The number of sulfonamides is 1. The van der Waals surface area contributed by atoms with E-state index in [9.17, 15) is 26.4 Å². The van der Waals surface area contributed by atoms with E-state index in [2.05, 4.69) is 10.0 Å².